The van der Waals surface area contributed by atoms with Gasteiger partial charge in [0.15, 0.2) is 11.3 Å². The van der Waals surface area contributed by atoms with Crippen LogP contribution in [0.15, 0.2) is 88.1 Å². The van der Waals surface area contributed by atoms with Gasteiger partial charge in [-0.15, -0.1) is 0 Å². The number of aromatic carboxylic acids is 1. The molecule has 0 saturated heterocycles. The lowest BCUT2D eigenvalue weighted by molar-refractivity contribution is 0.0697. The second kappa shape index (κ2) is 7.40. The molecule has 5 heteroatoms. The molecule has 28 heavy (non-hydrogen) atoms. The molecular formula is C23H16O5. The first kappa shape index (κ1) is 17.5. The molecule has 0 aliphatic rings. The lowest BCUT2D eigenvalue weighted by atomic mass is 10.1. The fraction of sp³-hybridized carbons (Fsp3) is 0.0435. The van der Waals surface area contributed by atoms with Crippen molar-refractivity contribution in [2.24, 2.45) is 0 Å². The second-order valence-corrected chi connectivity index (χ2v) is 6.22. The van der Waals surface area contributed by atoms with Gasteiger partial charge >= 0.3 is 5.97 Å². The fourth-order valence-electron chi connectivity index (χ4n) is 3.01. The predicted molar refractivity (Wildman–Crippen MR) is 106 cm³/mol. The summed E-state index contributed by atoms with van der Waals surface area (Å²) < 4.78 is 11.8. The third-order valence-corrected chi connectivity index (χ3v) is 4.37. The van der Waals surface area contributed by atoms with Crippen LogP contribution in [0.2, 0.25) is 0 Å². The topological polar surface area (TPSA) is 76.7 Å². The van der Waals surface area contributed by atoms with Crippen molar-refractivity contribution in [3.8, 4) is 17.1 Å². The van der Waals surface area contributed by atoms with Crippen LogP contribution in [0.25, 0.3) is 22.3 Å². The van der Waals surface area contributed by atoms with E-state index in [0.29, 0.717) is 5.56 Å². The van der Waals surface area contributed by atoms with Crippen molar-refractivity contribution in [1.29, 1.82) is 0 Å². The number of fused-ring (bicyclic) bond motifs is 1. The molecule has 0 aliphatic carbocycles. The largest absolute Gasteiger partial charge is 0.481 e. The number of para-hydroxylation sites is 1. The van der Waals surface area contributed by atoms with E-state index in [1.807, 2.05) is 48.5 Å². The Morgan fingerprint density at radius 2 is 1.57 bits per heavy atom. The molecule has 0 spiro atoms. The quantitative estimate of drug-likeness (QED) is 0.548. The molecule has 0 amide bonds. The molecule has 0 bridgehead atoms. The van der Waals surface area contributed by atoms with E-state index in [4.69, 9.17) is 9.15 Å². The lowest BCUT2D eigenvalue weighted by Gasteiger charge is -2.12. The SMILES string of the molecule is O=C(O)c1cccc2c(=O)c(OCc3ccccc3)c(-c3ccccc3)oc12. The summed E-state index contributed by atoms with van der Waals surface area (Å²) in [5, 5.41) is 9.63. The molecule has 5 nitrogen and oxygen atoms in total. The molecule has 1 heterocycles. The standard InChI is InChI=1S/C23H16O5/c24-19-17-12-7-13-18(23(25)26)21(17)28-20(16-10-5-2-6-11-16)22(19)27-14-15-8-3-1-4-9-15/h1-13H,14H2,(H,25,26). The zero-order valence-electron chi connectivity index (χ0n) is 14.8. The van der Waals surface area contributed by atoms with Gasteiger partial charge in [0.25, 0.3) is 0 Å². The maximum absolute atomic E-state index is 13.1. The molecule has 0 saturated carbocycles. The number of hydrogen-bond donors (Lipinski definition) is 1. The number of rotatable bonds is 5. The van der Waals surface area contributed by atoms with Crippen LogP contribution in [0.5, 0.6) is 5.75 Å². The molecule has 0 atom stereocenters. The van der Waals surface area contributed by atoms with E-state index in [9.17, 15) is 14.7 Å². The Kier molecular flexibility index (Phi) is 4.64. The molecule has 3 aromatic carbocycles. The van der Waals surface area contributed by atoms with Gasteiger partial charge in [-0.25, -0.2) is 4.79 Å². The Balaban J connectivity index is 1.92. The molecule has 4 rings (SSSR count). The average Bonchev–Trinajstić information content (AvgIpc) is 2.74. The molecule has 0 radical (unpaired) electrons. The van der Waals surface area contributed by atoms with Crippen LogP contribution in [0, 0.1) is 0 Å². The van der Waals surface area contributed by atoms with Gasteiger partial charge in [-0.3, -0.25) is 4.79 Å². The fourth-order valence-corrected chi connectivity index (χ4v) is 3.01. The van der Waals surface area contributed by atoms with E-state index < -0.39 is 11.4 Å². The van der Waals surface area contributed by atoms with Gasteiger partial charge in [0, 0.05) is 5.56 Å². The van der Waals surface area contributed by atoms with Crippen LogP contribution in [-0.4, -0.2) is 11.1 Å². The first-order chi connectivity index (χ1) is 13.6. The zero-order valence-corrected chi connectivity index (χ0v) is 14.8. The highest BCUT2D eigenvalue weighted by molar-refractivity contribution is 6.01. The maximum atomic E-state index is 13.1. The molecule has 1 aromatic heterocycles. The van der Waals surface area contributed by atoms with E-state index >= 15 is 0 Å². The van der Waals surface area contributed by atoms with Gasteiger partial charge in [-0.05, 0) is 17.7 Å². The third-order valence-electron chi connectivity index (χ3n) is 4.37. The summed E-state index contributed by atoms with van der Waals surface area (Å²) in [6, 6.07) is 23.0. The molecular weight excluding hydrogens is 356 g/mol. The Labute approximate surface area is 160 Å². The Morgan fingerprint density at radius 3 is 2.25 bits per heavy atom. The van der Waals surface area contributed by atoms with Gasteiger partial charge in [-0.2, -0.15) is 0 Å². The molecule has 138 valence electrons. The summed E-state index contributed by atoms with van der Waals surface area (Å²) in [5.41, 5.74) is 1.09. The molecule has 0 fully saturated rings. The van der Waals surface area contributed by atoms with Gasteiger partial charge in [0.2, 0.25) is 11.2 Å². The minimum Gasteiger partial charge on any atom is -0.481 e. The van der Waals surface area contributed by atoms with Crippen molar-refractivity contribution in [3.63, 3.8) is 0 Å². The predicted octanol–water partition coefficient (Wildman–Crippen LogP) is 4.74. The van der Waals surface area contributed by atoms with E-state index in [1.54, 1.807) is 12.1 Å². The highest BCUT2D eigenvalue weighted by Crippen LogP contribution is 2.32. The first-order valence-electron chi connectivity index (χ1n) is 8.70. The van der Waals surface area contributed by atoms with E-state index in [-0.39, 0.29) is 34.6 Å². The number of benzene rings is 3. The van der Waals surface area contributed by atoms with Gasteiger partial charge < -0.3 is 14.3 Å². The molecule has 0 unspecified atom stereocenters. The van der Waals surface area contributed by atoms with Gasteiger partial charge in [0.1, 0.15) is 12.2 Å². The monoisotopic (exact) mass is 372 g/mol. The van der Waals surface area contributed by atoms with Gasteiger partial charge in [0.05, 0.1) is 5.39 Å². The van der Waals surface area contributed by atoms with Crippen LogP contribution >= 0.6 is 0 Å². The van der Waals surface area contributed by atoms with Crippen molar-refractivity contribution in [3.05, 3.63) is 100 Å². The zero-order chi connectivity index (χ0) is 19.5. The van der Waals surface area contributed by atoms with Crippen LogP contribution < -0.4 is 10.2 Å². The summed E-state index contributed by atoms with van der Waals surface area (Å²) in [6.07, 6.45) is 0. The highest BCUT2D eigenvalue weighted by atomic mass is 16.5. The summed E-state index contributed by atoms with van der Waals surface area (Å²) in [4.78, 5) is 24.7. The molecule has 1 N–H and O–H groups in total. The minimum absolute atomic E-state index is 0.0333. The van der Waals surface area contributed by atoms with E-state index in [2.05, 4.69) is 0 Å². The van der Waals surface area contributed by atoms with E-state index in [1.165, 1.54) is 18.2 Å². The van der Waals surface area contributed by atoms with Crippen molar-refractivity contribution in [2.75, 3.05) is 0 Å². The third kappa shape index (κ3) is 3.25. The van der Waals surface area contributed by atoms with Crippen LogP contribution in [-0.2, 0) is 6.61 Å². The number of ether oxygens (including phenoxy) is 1. The van der Waals surface area contributed by atoms with Crippen LogP contribution in [0.1, 0.15) is 15.9 Å². The minimum atomic E-state index is -1.16. The number of carboxylic acid groups (broad SMARTS) is 1. The Morgan fingerprint density at radius 1 is 0.893 bits per heavy atom. The highest BCUT2D eigenvalue weighted by Gasteiger charge is 2.21. The summed E-state index contributed by atoms with van der Waals surface area (Å²) in [5.74, 6) is -0.890. The lowest BCUT2D eigenvalue weighted by Crippen LogP contribution is -2.11. The van der Waals surface area contributed by atoms with Crippen molar-refractivity contribution >= 4 is 16.9 Å². The average molecular weight is 372 g/mol. The van der Waals surface area contributed by atoms with Crippen LogP contribution in [0.4, 0.5) is 0 Å². The summed E-state index contributed by atoms with van der Waals surface area (Å²) in [6.45, 7) is 0.190. The Hall–Kier alpha value is -3.86. The molecule has 0 aliphatic heterocycles. The van der Waals surface area contributed by atoms with Crippen molar-refractivity contribution < 1.29 is 19.1 Å². The molecule has 4 aromatic rings. The van der Waals surface area contributed by atoms with E-state index in [0.717, 1.165) is 5.56 Å². The van der Waals surface area contributed by atoms with Gasteiger partial charge in [-0.1, -0.05) is 66.7 Å². The van der Waals surface area contributed by atoms with Crippen molar-refractivity contribution in [1.82, 2.24) is 0 Å². The first-order valence-corrected chi connectivity index (χ1v) is 8.70. The summed E-state index contributed by atoms with van der Waals surface area (Å²) in [7, 11) is 0. The second-order valence-electron chi connectivity index (χ2n) is 6.22. The normalized spacial score (nSPS) is 10.7. The summed E-state index contributed by atoms with van der Waals surface area (Å²) >= 11 is 0. The van der Waals surface area contributed by atoms with Crippen molar-refractivity contribution in [2.45, 2.75) is 6.61 Å². The number of carbonyl (C=O) groups is 1. The number of hydrogen-bond acceptors (Lipinski definition) is 4. The number of carboxylic acids is 1. The van der Waals surface area contributed by atoms with Crippen LogP contribution in [0.3, 0.4) is 0 Å². The smallest absolute Gasteiger partial charge is 0.339 e. The Bertz CT molecular complexity index is 1190. The maximum Gasteiger partial charge on any atom is 0.339 e.